The van der Waals surface area contributed by atoms with Crippen molar-refractivity contribution in [2.75, 3.05) is 7.11 Å². The number of hydrazine groups is 1. The normalized spacial score (nSPS) is 12.0. The lowest BCUT2D eigenvalue weighted by molar-refractivity contribution is -0.155. The standard InChI is InChI=1S/C48H47N2O11P/c1-48(45(51)55-2,50(47(53)58-34-39-22-12-5-13-23-39)49-46(52)57-33-38-20-10-4-11-21-38)31-42-28-29-43(44(30-42)56-32-37-18-8-3-9-19-37)61-62(54,59-35-40-24-14-6-15-25-40)60-36-41-26-16-7-17-27-41/h3-30H,31-36H2,1-2H3,(H,49,52)/t48-/m0/s1. The predicted octanol–water partition coefficient (Wildman–Crippen LogP) is 10.1. The van der Waals surface area contributed by atoms with E-state index in [-0.39, 0.29) is 51.0 Å². The van der Waals surface area contributed by atoms with Gasteiger partial charge in [-0.05, 0) is 52.4 Å². The second-order valence-corrected chi connectivity index (χ2v) is 15.7. The first-order valence-electron chi connectivity index (χ1n) is 19.7. The minimum atomic E-state index is -4.36. The van der Waals surface area contributed by atoms with Gasteiger partial charge in [-0.25, -0.2) is 24.4 Å². The van der Waals surface area contributed by atoms with E-state index >= 15 is 0 Å². The molecule has 0 fully saturated rings. The fraction of sp³-hybridized carbons (Fsp3) is 0.188. The van der Waals surface area contributed by atoms with Gasteiger partial charge in [0, 0.05) is 6.42 Å². The lowest BCUT2D eigenvalue weighted by Gasteiger charge is -2.37. The predicted molar refractivity (Wildman–Crippen MR) is 230 cm³/mol. The van der Waals surface area contributed by atoms with Gasteiger partial charge in [-0.2, -0.15) is 5.01 Å². The maximum Gasteiger partial charge on any atom is 0.530 e. The number of phosphoric acid groups is 1. The van der Waals surface area contributed by atoms with Crippen LogP contribution in [-0.4, -0.2) is 35.8 Å². The lowest BCUT2D eigenvalue weighted by atomic mass is 9.92. The summed E-state index contributed by atoms with van der Waals surface area (Å²) in [6.45, 7) is 1.03. The zero-order valence-corrected chi connectivity index (χ0v) is 35.2. The molecule has 62 heavy (non-hydrogen) atoms. The third kappa shape index (κ3) is 13.0. The van der Waals surface area contributed by atoms with Crippen molar-refractivity contribution in [3.05, 3.63) is 203 Å². The summed E-state index contributed by atoms with van der Waals surface area (Å²) in [5, 5.41) is 0.757. The number of hydrogen-bond donors (Lipinski definition) is 1. The van der Waals surface area contributed by atoms with Crippen LogP contribution in [0.15, 0.2) is 170 Å². The highest BCUT2D eigenvalue weighted by atomic mass is 31.2. The molecule has 6 aromatic rings. The third-order valence-corrected chi connectivity index (χ3v) is 10.7. The first-order valence-corrected chi connectivity index (χ1v) is 21.1. The van der Waals surface area contributed by atoms with Crippen molar-refractivity contribution < 1.29 is 51.5 Å². The summed E-state index contributed by atoms with van der Waals surface area (Å²) in [5.41, 5.74) is 4.56. The van der Waals surface area contributed by atoms with Gasteiger partial charge in [0.25, 0.3) is 0 Å². The van der Waals surface area contributed by atoms with Crippen molar-refractivity contribution >= 4 is 26.0 Å². The first kappa shape index (κ1) is 44.6. The molecule has 2 amide bonds. The maximum atomic E-state index is 14.5. The van der Waals surface area contributed by atoms with Crippen molar-refractivity contribution in [3.63, 3.8) is 0 Å². The smallest absolute Gasteiger partial charge is 0.485 e. The van der Waals surface area contributed by atoms with E-state index in [1.165, 1.54) is 13.0 Å². The molecule has 0 heterocycles. The molecule has 1 N–H and O–H groups in total. The second-order valence-electron chi connectivity index (χ2n) is 14.1. The van der Waals surface area contributed by atoms with Crippen LogP contribution in [0.1, 0.15) is 40.3 Å². The van der Waals surface area contributed by atoms with Gasteiger partial charge >= 0.3 is 26.0 Å². The molecule has 0 aliphatic carbocycles. The third-order valence-electron chi connectivity index (χ3n) is 9.39. The molecule has 6 aromatic carbocycles. The van der Waals surface area contributed by atoms with E-state index in [4.69, 9.17) is 32.5 Å². The molecule has 0 aromatic heterocycles. The summed E-state index contributed by atoms with van der Waals surface area (Å²) in [5.74, 6) is -0.771. The van der Waals surface area contributed by atoms with Gasteiger partial charge in [0.05, 0.1) is 20.3 Å². The molecule has 320 valence electrons. The van der Waals surface area contributed by atoms with Gasteiger partial charge in [-0.3, -0.25) is 9.05 Å². The number of hydrogen-bond acceptors (Lipinski definition) is 11. The Hall–Kier alpha value is -6.92. The number of benzene rings is 6. The van der Waals surface area contributed by atoms with Crippen LogP contribution >= 0.6 is 7.82 Å². The topological polar surface area (TPSA) is 148 Å². The number of rotatable bonds is 19. The van der Waals surface area contributed by atoms with Crippen molar-refractivity contribution in [2.24, 2.45) is 0 Å². The molecule has 13 nitrogen and oxygen atoms in total. The van der Waals surface area contributed by atoms with Crippen molar-refractivity contribution in [2.45, 2.75) is 51.9 Å². The Bertz CT molecular complexity index is 2340. The van der Waals surface area contributed by atoms with Gasteiger partial charge in [0.1, 0.15) is 19.8 Å². The van der Waals surface area contributed by atoms with E-state index in [9.17, 15) is 18.9 Å². The molecule has 0 saturated heterocycles. The molecule has 0 aliphatic heterocycles. The number of nitrogens with one attached hydrogen (secondary N) is 1. The Morgan fingerprint density at radius 2 is 0.984 bits per heavy atom. The highest BCUT2D eigenvalue weighted by molar-refractivity contribution is 7.48. The number of nitrogens with zero attached hydrogens (tertiary/aromatic N) is 1. The van der Waals surface area contributed by atoms with Crippen LogP contribution in [0.25, 0.3) is 0 Å². The van der Waals surface area contributed by atoms with E-state index in [1.807, 2.05) is 103 Å². The Labute approximate surface area is 360 Å². The number of carbonyl (C=O) groups is 3. The Balaban J connectivity index is 1.32. The first-order chi connectivity index (χ1) is 30.1. The number of amides is 2. The van der Waals surface area contributed by atoms with Gasteiger partial charge in [0.2, 0.25) is 0 Å². The van der Waals surface area contributed by atoms with Crippen LogP contribution in [-0.2, 0) is 72.1 Å². The van der Waals surface area contributed by atoms with Crippen molar-refractivity contribution in [1.82, 2.24) is 10.4 Å². The minimum absolute atomic E-state index is 0.00986. The molecular weight excluding hydrogens is 812 g/mol. The molecule has 14 heteroatoms. The maximum absolute atomic E-state index is 14.5. The summed E-state index contributed by atoms with van der Waals surface area (Å²) in [6.07, 6.45) is -2.35. The summed E-state index contributed by atoms with van der Waals surface area (Å²) in [7, 11) is -3.20. The number of methoxy groups -OCH3 is 1. The molecule has 1 atom stereocenters. The van der Waals surface area contributed by atoms with Gasteiger partial charge in [-0.1, -0.05) is 158 Å². The van der Waals surface area contributed by atoms with E-state index in [0.29, 0.717) is 16.7 Å². The largest absolute Gasteiger partial charge is 0.530 e. The lowest BCUT2D eigenvalue weighted by Crippen LogP contribution is -2.63. The average molecular weight is 859 g/mol. The molecule has 6 rings (SSSR count). The fourth-order valence-electron chi connectivity index (χ4n) is 6.11. The fourth-order valence-corrected chi connectivity index (χ4v) is 7.30. The molecule has 0 radical (unpaired) electrons. The van der Waals surface area contributed by atoms with Crippen LogP contribution in [0.2, 0.25) is 0 Å². The Morgan fingerprint density at radius 1 is 0.548 bits per heavy atom. The zero-order valence-electron chi connectivity index (χ0n) is 34.3. The van der Waals surface area contributed by atoms with Crippen LogP contribution in [0.3, 0.4) is 0 Å². The monoisotopic (exact) mass is 858 g/mol. The summed E-state index contributed by atoms with van der Waals surface area (Å²) >= 11 is 0. The molecular formula is C48H47N2O11P. The number of phosphoric ester groups is 1. The van der Waals surface area contributed by atoms with Crippen LogP contribution in [0, 0.1) is 0 Å². The summed E-state index contributed by atoms with van der Waals surface area (Å²) < 4.78 is 55.0. The van der Waals surface area contributed by atoms with Crippen LogP contribution < -0.4 is 14.7 Å². The molecule has 0 bridgehead atoms. The SMILES string of the molecule is COC(=O)[C@](C)(Cc1ccc(OP(=O)(OCc2ccccc2)OCc2ccccc2)c(OCc2ccccc2)c1)N(NC(=O)OCc1ccccc1)C(=O)OCc1ccccc1. The quantitative estimate of drug-likeness (QED) is 0.0359. The van der Waals surface area contributed by atoms with Gasteiger partial charge in [0.15, 0.2) is 17.0 Å². The number of esters is 1. The van der Waals surface area contributed by atoms with Crippen molar-refractivity contribution in [3.8, 4) is 11.5 Å². The Morgan fingerprint density at radius 3 is 1.45 bits per heavy atom. The Kier molecular flexibility index (Phi) is 15.9. The minimum Gasteiger partial charge on any atom is -0.485 e. The van der Waals surface area contributed by atoms with Gasteiger partial charge in [-0.15, -0.1) is 0 Å². The average Bonchev–Trinajstić information content (AvgIpc) is 3.32. The van der Waals surface area contributed by atoms with Gasteiger partial charge < -0.3 is 23.5 Å². The van der Waals surface area contributed by atoms with E-state index < -0.39 is 31.5 Å². The molecule has 0 unspecified atom stereocenters. The highest BCUT2D eigenvalue weighted by Gasteiger charge is 2.46. The molecule has 0 aliphatic rings. The zero-order chi connectivity index (χ0) is 43.6. The summed E-state index contributed by atoms with van der Waals surface area (Å²) in [6, 6.07) is 50.2. The van der Waals surface area contributed by atoms with Crippen LogP contribution in [0.4, 0.5) is 9.59 Å². The molecule has 0 spiro atoms. The van der Waals surface area contributed by atoms with E-state index in [0.717, 1.165) is 28.8 Å². The van der Waals surface area contributed by atoms with Crippen LogP contribution in [0.5, 0.6) is 11.5 Å². The summed E-state index contributed by atoms with van der Waals surface area (Å²) in [4.78, 5) is 41.2. The highest BCUT2D eigenvalue weighted by Crippen LogP contribution is 2.53. The molecule has 0 saturated carbocycles. The number of ether oxygens (including phenoxy) is 4. The van der Waals surface area contributed by atoms with Crippen molar-refractivity contribution in [1.29, 1.82) is 0 Å². The second kappa shape index (κ2) is 22.1. The van der Waals surface area contributed by atoms with E-state index in [2.05, 4.69) is 5.43 Å². The van der Waals surface area contributed by atoms with E-state index in [1.54, 1.807) is 60.7 Å². The number of carbonyl (C=O) groups excluding carboxylic acids is 3.